The molecule has 0 radical (unpaired) electrons. The van der Waals surface area contributed by atoms with Gasteiger partial charge in [-0.25, -0.2) is 19.9 Å². The number of pyridine rings is 1. The van der Waals surface area contributed by atoms with Crippen molar-refractivity contribution in [3.8, 4) is 11.6 Å². The Hall–Kier alpha value is -2.84. The number of aromatic amines is 1. The third kappa shape index (κ3) is 3.14. The molecule has 28 heavy (non-hydrogen) atoms. The van der Waals surface area contributed by atoms with Gasteiger partial charge in [0.25, 0.3) is 5.89 Å². The molecule has 4 aromatic rings. The molecular weight excluding hydrogens is 374 g/mol. The van der Waals surface area contributed by atoms with E-state index in [1.165, 1.54) is 15.8 Å². The van der Waals surface area contributed by atoms with E-state index in [4.69, 9.17) is 9.40 Å². The first-order valence-electron chi connectivity index (χ1n) is 9.29. The summed E-state index contributed by atoms with van der Waals surface area (Å²) >= 11 is 1.67. The van der Waals surface area contributed by atoms with Crippen LogP contribution in [0.2, 0.25) is 0 Å². The van der Waals surface area contributed by atoms with E-state index in [2.05, 4.69) is 51.3 Å². The number of rotatable bonds is 3. The lowest BCUT2D eigenvalue weighted by molar-refractivity contribution is 0.221. The van der Waals surface area contributed by atoms with Crippen molar-refractivity contribution in [2.75, 3.05) is 13.1 Å². The summed E-state index contributed by atoms with van der Waals surface area (Å²) in [7, 11) is 0. The van der Waals surface area contributed by atoms with Gasteiger partial charge in [-0.15, -0.1) is 16.4 Å². The van der Waals surface area contributed by atoms with Crippen LogP contribution in [0.4, 0.5) is 0 Å². The molecule has 0 saturated carbocycles. The zero-order valence-corrected chi connectivity index (χ0v) is 16.2. The van der Waals surface area contributed by atoms with Crippen molar-refractivity contribution >= 4 is 21.6 Å². The van der Waals surface area contributed by atoms with E-state index in [1.807, 2.05) is 11.6 Å². The topological polar surface area (TPSA) is 87.9 Å². The van der Waals surface area contributed by atoms with Crippen LogP contribution in [0.15, 0.2) is 45.1 Å². The second-order valence-corrected chi connectivity index (χ2v) is 7.90. The van der Waals surface area contributed by atoms with Crippen molar-refractivity contribution in [2.45, 2.75) is 25.8 Å². The number of hydrogen-bond acceptors (Lipinski definition) is 7. The Balaban J connectivity index is 1.37. The Morgan fingerprint density at radius 1 is 1.21 bits per heavy atom. The minimum atomic E-state index is -0.566. The lowest BCUT2D eigenvalue weighted by atomic mass is 10.1. The van der Waals surface area contributed by atoms with Gasteiger partial charge in [-0.1, -0.05) is 12.1 Å². The molecule has 0 spiro atoms. The monoisotopic (exact) mass is 393 g/mol. The van der Waals surface area contributed by atoms with Crippen LogP contribution >= 0.6 is 11.3 Å². The van der Waals surface area contributed by atoms with Crippen molar-refractivity contribution in [1.29, 1.82) is 0 Å². The van der Waals surface area contributed by atoms with Gasteiger partial charge in [0.2, 0.25) is 0 Å². The maximum absolute atomic E-state index is 11.2. The van der Waals surface area contributed by atoms with Gasteiger partial charge in [0.1, 0.15) is 5.69 Å². The molecule has 8 heteroatoms. The summed E-state index contributed by atoms with van der Waals surface area (Å²) in [5, 5.41) is 6.17. The summed E-state index contributed by atoms with van der Waals surface area (Å²) in [5.41, 5.74) is 7.13. The van der Waals surface area contributed by atoms with Gasteiger partial charge in [0.15, 0.2) is 0 Å². The number of benzene rings is 1. The molecular formula is C20H19N5O2S. The molecule has 1 N–H and O–H groups in total. The maximum atomic E-state index is 11.2. The summed E-state index contributed by atoms with van der Waals surface area (Å²) < 4.78 is 6.26. The van der Waals surface area contributed by atoms with Gasteiger partial charge in [0.05, 0.1) is 15.7 Å². The first-order chi connectivity index (χ1) is 13.7. The van der Waals surface area contributed by atoms with Crippen LogP contribution in [0.25, 0.3) is 21.8 Å². The zero-order valence-electron chi connectivity index (χ0n) is 15.4. The van der Waals surface area contributed by atoms with Gasteiger partial charge in [-0.3, -0.25) is 4.90 Å². The van der Waals surface area contributed by atoms with Gasteiger partial charge in [-0.05, 0) is 42.7 Å². The van der Waals surface area contributed by atoms with Crippen molar-refractivity contribution in [2.24, 2.45) is 0 Å². The third-order valence-corrected chi connectivity index (χ3v) is 6.22. The van der Waals surface area contributed by atoms with Crippen LogP contribution in [-0.2, 0) is 12.8 Å². The van der Waals surface area contributed by atoms with E-state index in [0.29, 0.717) is 11.7 Å². The van der Waals surface area contributed by atoms with Gasteiger partial charge >= 0.3 is 5.76 Å². The molecule has 1 aliphatic heterocycles. The summed E-state index contributed by atoms with van der Waals surface area (Å²) in [5.74, 6) is -0.331. The van der Waals surface area contributed by atoms with E-state index < -0.39 is 5.76 Å². The minimum Gasteiger partial charge on any atom is -0.386 e. The molecule has 5 rings (SSSR count). The van der Waals surface area contributed by atoms with Crippen molar-refractivity contribution in [1.82, 2.24) is 25.1 Å². The average molecular weight is 393 g/mol. The van der Waals surface area contributed by atoms with Crippen LogP contribution in [-0.4, -0.2) is 38.2 Å². The number of nitrogens with one attached hydrogen (secondary N) is 1. The highest BCUT2D eigenvalue weighted by Crippen LogP contribution is 2.28. The number of fused-ring (bicyclic) bond motifs is 2. The molecule has 0 bridgehead atoms. The predicted molar refractivity (Wildman–Crippen MR) is 107 cm³/mol. The minimum absolute atomic E-state index is 0.235. The molecule has 1 aromatic carbocycles. The number of aromatic nitrogens is 4. The number of thiazole rings is 1. The third-order valence-electron chi connectivity index (χ3n) is 5.41. The van der Waals surface area contributed by atoms with Crippen molar-refractivity contribution in [3.63, 3.8) is 0 Å². The quantitative estimate of drug-likeness (QED) is 0.575. The second-order valence-electron chi connectivity index (χ2n) is 7.01. The standard InChI is InChI=1S/C20H19N5O2S/c1-12(14-3-5-18-17(10-14)21-11-28-18)25-8-6-13-2-4-16(22-15(13)7-9-25)19-23-24-20(26)27-19/h2-5,10-12H,6-9H2,1H3,(H,24,26). The van der Waals surface area contributed by atoms with Crippen LogP contribution < -0.4 is 5.76 Å². The fraction of sp³-hybridized carbons (Fsp3) is 0.300. The average Bonchev–Trinajstić information content (AvgIpc) is 3.30. The Morgan fingerprint density at radius 3 is 2.96 bits per heavy atom. The maximum Gasteiger partial charge on any atom is 0.434 e. The molecule has 1 unspecified atom stereocenters. The highest BCUT2D eigenvalue weighted by atomic mass is 32.1. The molecule has 1 atom stereocenters. The van der Waals surface area contributed by atoms with Crippen LogP contribution in [0.1, 0.15) is 29.8 Å². The van der Waals surface area contributed by atoms with Crippen LogP contribution in [0.3, 0.4) is 0 Å². The fourth-order valence-electron chi connectivity index (χ4n) is 3.79. The first kappa shape index (κ1) is 17.3. The molecule has 0 amide bonds. The normalized spacial score (nSPS) is 16.0. The highest BCUT2D eigenvalue weighted by molar-refractivity contribution is 7.16. The van der Waals surface area contributed by atoms with Crippen molar-refractivity contribution < 1.29 is 4.42 Å². The second kappa shape index (κ2) is 6.96. The Kier molecular flexibility index (Phi) is 4.29. The molecule has 142 valence electrons. The van der Waals surface area contributed by atoms with E-state index in [9.17, 15) is 4.79 Å². The Labute approximate surface area is 165 Å². The number of nitrogens with zero attached hydrogens (tertiary/aromatic N) is 4. The van der Waals surface area contributed by atoms with Gasteiger partial charge in [-0.2, -0.15) is 0 Å². The first-order valence-corrected chi connectivity index (χ1v) is 10.2. The lowest BCUT2D eigenvalue weighted by Gasteiger charge is -2.27. The van der Waals surface area contributed by atoms with Crippen molar-refractivity contribution in [3.05, 3.63) is 63.2 Å². The van der Waals surface area contributed by atoms with Crippen LogP contribution in [0, 0.1) is 0 Å². The highest BCUT2D eigenvalue weighted by Gasteiger charge is 2.22. The van der Waals surface area contributed by atoms with Crippen LogP contribution in [0.5, 0.6) is 0 Å². The van der Waals surface area contributed by atoms with Gasteiger partial charge in [0, 0.05) is 31.2 Å². The lowest BCUT2D eigenvalue weighted by Crippen LogP contribution is -2.29. The number of H-pyrrole nitrogens is 1. The Bertz CT molecular complexity index is 1190. The molecule has 4 heterocycles. The number of hydrogen-bond donors (Lipinski definition) is 1. The predicted octanol–water partition coefficient (Wildman–Crippen LogP) is 3.20. The summed E-state index contributed by atoms with van der Waals surface area (Å²) in [6.07, 6.45) is 1.79. The van der Waals surface area contributed by atoms with Gasteiger partial charge < -0.3 is 4.42 Å². The molecule has 7 nitrogen and oxygen atoms in total. The molecule has 3 aromatic heterocycles. The smallest absolute Gasteiger partial charge is 0.386 e. The summed E-state index contributed by atoms with van der Waals surface area (Å²) in [4.78, 5) is 22.8. The largest absolute Gasteiger partial charge is 0.434 e. The zero-order chi connectivity index (χ0) is 19.1. The van der Waals surface area contributed by atoms with E-state index >= 15 is 0 Å². The molecule has 0 aliphatic carbocycles. The fourth-order valence-corrected chi connectivity index (χ4v) is 4.45. The summed E-state index contributed by atoms with van der Waals surface area (Å²) in [6.45, 7) is 4.15. The Morgan fingerprint density at radius 2 is 2.11 bits per heavy atom. The van der Waals surface area contributed by atoms with E-state index in [1.54, 1.807) is 11.3 Å². The summed E-state index contributed by atoms with van der Waals surface area (Å²) in [6, 6.07) is 10.8. The van der Waals surface area contributed by atoms with E-state index in [0.717, 1.165) is 37.1 Å². The molecule has 0 saturated heterocycles. The SMILES string of the molecule is CC(c1ccc2scnc2c1)N1CCc2ccc(-c3n[nH]c(=O)o3)nc2CC1. The molecule has 0 fully saturated rings. The molecule has 1 aliphatic rings. The van der Waals surface area contributed by atoms with E-state index in [-0.39, 0.29) is 5.89 Å².